The van der Waals surface area contributed by atoms with Gasteiger partial charge < -0.3 is 15.4 Å². The summed E-state index contributed by atoms with van der Waals surface area (Å²) in [7, 11) is 0. The van der Waals surface area contributed by atoms with E-state index < -0.39 is 40.8 Å². The van der Waals surface area contributed by atoms with Gasteiger partial charge in [-0.1, -0.05) is 41.9 Å². The SMILES string of the molecule is O=C1CCC(C(=O)OC(C(=O)Nc2ccc(Cl)c(C(F)(F)F)c2)c2ccccc2)N1. The van der Waals surface area contributed by atoms with Gasteiger partial charge in [0.15, 0.2) is 0 Å². The Morgan fingerprint density at radius 1 is 1.17 bits per heavy atom. The number of amides is 2. The predicted molar refractivity (Wildman–Crippen MR) is 102 cm³/mol. The van der Waals surface area contributed by atoms with Gasteiger partial charge in [-0.15, -0.1) is 0 Å². The summed E-state index contributed by atoms with van der Waals surface area (Å²) in [4.78, 5) is 36.5. The monoisotopic (exact) mass is 440 g/mol. The number of esters is 1. The molecule has 2 unspecified atom stereocenters. The van der Waals surface area contributed by atoms with Gasteiger partial charge in [-0.3, -0.25) is 9.59 Å². The molecule has 1 aliphatic rings. The van der Waals surface area contributed by atoms with Crippen molar-refractivity contribution in [3.8, 4) is 0 Å². The molecule has 1 saturated heterocycles. The molecular weight excluding hydrogens is 425 g/mol. The second-order valence-corrected chi connectivity index (χ2v) is 6.98. The van der Waals surface area contributed by atoms with E-state index in [0.29, 0.717) is 11.6 Å². The number of alkyl halides is 3. The van der Waals surface area contributed by atoms with Gasteiger partial charge in [0.05, 0.1) is 10.6 Å². The Balaban J connectivity index is 1.82. The van der Waals surface area contributed by atoms with Crippen molar-refractivity contribution in [2.24, 2.45) is 0 Å². The number of carbonyl (C=O) groups excluding carboxylic acids is 3. The van der Waals surface area contributed by atoms with Crippen molar-refractivity contribution in [2.45, 2.75) is 31.2 Å². The molecule has 2 aromatic rings. The zero-order chi connectivity index (χ0) is 21.9. The third kappa shape index (κ3) is 5.10. The zero-order valence-electron chi connectivity index (χ0n) is 15.3. The molecule has 0 radical (unpaired) electrons. The Kier molecular flexibility index (Phi) is 6.31. The van der Waals surface area contributed by atoms with Gasteiger partial charge in [-0.05, 0) is 24.6 Å². The van der Waals surface area contributed by atoms with E-state index in [2.05, 4.69) is 10.6 Å². The van der Waals surface area contributed by atoms with Crippen molar-refractivity contribution in [1.29, 1.82) is 0 Å². The quantitative estimate of drug-likeness (QED) is 0.691. The van der Waals surface area contributed by atoms with E-state index in [1.165, 1.54) is 18.2 Å². The number of nitrogens with one attached hydrogen (secondary N) is 2. The fourth-order valence-corrected chi connectivity index (χ4v) is 3.14. The second kappa shape index (κ2) is 8.74. The first kappa shape index (κ1) is 21.6. The maximum atomic E-state index is 13.1. The summed E-state index contributed by atoms with van der Waals surface area (Å²) in [6.07, 6.45) is -5.75. The van der Waals surface area contributed by atoms with Gasteiger partial charge in [0.1, 0.15) is 6.04 Å². The maximum Gasteiger partial charge on any atom is 0.417 e. The van der Waals surface area contributed by atoms with Gasteiger partial charge in [0, 0.05) is 17.7 Å². The third-order valence-corrected chi connectivity index (χ3v) is 4.72. The van der Waals surface area contributed by atoms with Crippen molar-refractivity contribution in [3.05, 3.63) is 64.7 Å². The van der Waals surface area contributed by atoms with Crippen molar-refractivity contribution in [1.82, 2.24) is 5.32 Å². The van der Waals surface area contributed by atoms with Crippen LogP contribution in [0.2, 0.25) is 5.02 Å². The Bertz CT molecular complexity index is 966. The van der Waals surface area contributed by atoms with Crippen LogP contribution < -0.4 is 10.6 Å². The molecule has 0 saturated carbocycles. The molecule has 0 bridgehead atoms. The number of halogens is 4. The number of hydrogen-bond donors (Lipinski definition) is 2. The Hall–Kier alpha value is -3.07. The average Bonchev–Trinajstić information content (AvgIpc) is 3.13. The van der Waals surface area contributed by atoms with Crippen LogP contribution in [0.1, 0.15) is 30.1 Å². The lowest BCUT2D eigenvalue weighted by atomic mass is 10.1. The molecule has 10 heteroatoms. The van der Waals surface area contributed by atoms with E-state index in [1.54, 1.807) is 18.2 Å². The molecular formula is C20H16ClF3N2O4. The van der Waals surface area contributed by atoms with E-state index in [-0.39, 0.29) is 24.4 Å². The van der Waals surface area contributed by atoms with Gasteiger partial charge in [0.25, 0.3) is 5.91 Å². The van der Waals surface area contributed by atoms with Crippen LogP contribution in [-0.4, -0.2) is 23.8 Å². The van der Waals surface area contributed by atoms with Crippen LogP contribution in [0.3, 0.4) is 0 Å². The summed E-state index contributed by atoms with van der Waals surface area (Å²) in [6.45, 7) is 0. The van der Waals surface area contributed by atoms with Crippen molar-refractivity contribution >= 4 is 35.1 Å². The summed E-state index contributed by atoms with van der Waals surface area (Å²) in [5, 5.41) is 4.26. The van der Waals surface area contributed by atoms with E-state index in [9.17, 15) is 27.6 Å². The van der Waals surface area contributed by atoms with Crippen LogP contribution in [-0.2, 0) is 25.3 Å². The van der Waals surface area contributed by atoms with E-state index >= 15 is 0 Å². The van der Waals surface area contributed by atoms with Crippen molar-refractivity contribution in [3.63, 3.8) is 0 Å². The van der Waals surface area contributed by atoms with Crippen molar-refractivity contribution < 1.29 is 32.3 Å². The van der Waals surface area contributed by atoms with E-state index in [4.69, 9.17) is 16.3 Å². The minimum atomic E-state index is -4.70. The summed E-state index contributed by atoms with van der Waals surface area (Å²) >= 11 is 5.59. The van der Waals surface area contributed by atoms with Crippen LogP contribution in [0.4, 0.5) is 18.9 Å². The highest BCUT2D eigenvalue weighted by atomic mass is 35.5. The molecule has 0 aliphatic carbocycles. The largest absolute Gasteiger partial charge is 0.446 e. The molecule has 6 nitrogen and oxygen atoms in total. The fourth-order valence-electron chi connectivity index (χ4n) is 2.92. The summed E-state index contributed by atoms with van der Waals surface area (Å²) in [6, 6.07) is 10.0. The molecule has 0 aromatic heterocycles. The highest BCUT2D eigenvalue weighted by molar-refractivity contribution is 6.31. The Labute approximate surface area is 174 Å². The summed E-state index contributed by atoms with van der Waals surface area (Å²) < 4.78 is 44.5. The lowest BCUT2D eigenvalue weighted by Gasteiger charge is -2.20. The fraction of sp³-hybridized carbons (Fsp3) is 0.250. The number of rotatable bonds is 5. The number of benzene rings is 2. The summed E-state index contributed by atoms with van der Waals surface area (Å²) in [5.41, 5.74) is -0.954. The molecule has 1 aliphatic heterocycles. The summed E-state index contributed by atoms with van der Waals surface area (Å²) in [5.74, 6) is -1.97. The number of anilines is 1. The topological polar surface area (TPSA) is 84.5 Å². The first-order chi connectivity index (χ1) is 14.1. The lowest BCUT2D eigenvalue weighted by Crippen LogP contribution is -2.37. The molecule has 2 amide bonds. The van der Waals surface area contributed by atoms with E-state index in [0.717, 1.165) is 6.07 Å². The molecule has 2 N–H and O–H groups in total. The van der Waals surface area contributed by atoms with Crippen LogP contribution >= 0.6 is 11.6 Å². The lowest BCUT2D eigenvalue weighted by molar-refractivity contribution is -0.156. The molecule has 2 atom stereocenters. The molecule has 0 spiro atoms. The maximum absolute atomic E-state index is 13.1. The first-order valence-corrected chi connectivity index (χ1v) is 9.25. The molecule has 2 aromatic carbocycles. The third-order valence-electron chi connectivity index (χ3n) is 4.39. The number of ether oxygens (including phenoxy) is 1. The number of hydrogen-bond acceptors (Lipinski definition) is 4. The molecule has 1 heterocycles. The van der Waals surface area contributed by atoms with E-state index in [1.807, 2.05) is 0 Å². The normalized spacial score (nSPS) is 17.2. The molecule has 3 rings (SSSR count). The number of carbonyl (C=O) groups is 3. The highest BCUT2D eigenvalue weighted by Crippen LogP contribution is 2.36. The Morgan fingerprint density at radius 2 is 1.87 bits per heavy atom. The van der Waals surface area contributed by atoms with Crippen LogP contribution in [0.5, 0.6) is 0 Å². The second-order valence-electron chi connectivity index (χ2n) is 6.57. The zero-order valence-corrected chi connectivity index (χ0v) is 16.1. The minimum Gasteiger partial charge on any atom is -0.446 e. The predicted octanol–water partition coefficient (Wildman–Crippen LogP) is 3.86. The first-order valence-electron chi connectivity index (χ1n) is 8.87. The molecule has 158 valence electrons. The minimum absolute atomic E-state index is 0.160. The van der Waals surface area contributed by atoms with Gasteiger partial charge in [0.2, 0.25) is 12.0 Å². The smallest absolute Gasteiger partial charge is 0.417 e. The average molecular weight is 441 g/mol. The van der Waals surface area contributed by atoms with Crippen LogP contribution in [0, 0.1) is 0 Å². The highest BCUT2D eigenvalue weighted by Gasteiger charge is 2.35. The Morgan fingerprint density at radius 3 is 2.47 bits per heavy atom. The standard InChI is InChI=1S/C20H16ClF3N2O4/c21-14-7-6-12(10-13(14)20(22,23)24)25-18(28)17(11-4-2-1-3-5-11)30-19(29)15-8-9-16(27)26-15/h1-7,10,15,17H,8-9H2,(H,25,28)(H,26,27). The van der Waals surface area contributed by atoms with Gasteiger partial charge >= 0.3 is 12.1 Å². The van der Waals surface area contributed by atoms with Gasteiger partial charge in [-0.2, -0.15) is 13.2 Å². The molecule has 30 heavy (non-hydrogen) atoms. The van der Waals surface area contributed by atoms with Gasteiger partial charge in [-0.25, -0.2) is 4.79 Å². The van der Waals surface area contributed by atoms with Crippen LogP contribution in [0.25, 0.3) is 0 Å². The molecule has 1 fully saturated rings. The van der Waals surface area contributed by atoms with Crippen LogP contribution in [0.15, 0.2) is 48.5 Å². The van der Waals surface area contributed by atoms with Crippen molar-refractivity contribution in [2.75, 3.05) is 5.32 Å².